The molecule has 6 nitrogen and oxygen atoms in total. The molecule has 0 spiro atoms. The third kappa shape index (κ3) is 4.28. The van der Waals surface area contributed by atoms with Crippen LogP contribution in [-0.2, 0) is 6.42 Å². The van der Waals surface area contributed by atoms with Crippen LogP contribution in [0, 0.1) is 15.9 Å². The fraction of sp³-hybridized carbons (Fsp3) is 0.111. The van der Waals surface area contributed by atoms with Gasteiger partial charge in [-0.25, -0.2) is 9.37 Å². The average Bonchev–Trinajstić information content (AvgIpc) is 3.11. The van der Waals surface area contributed by atoms with E-state index < -0.39 is 4.92 Å². The highest BCUT2D eigenvalue weighted by atomic mass is 32.1. The Morgan fingerprint density at radius 3 is 2.73 bits per heavy atom. The first-order valence-electron chi connectivity index (χ1n) is 7.76. The number of carbonyl (C=O) groups excluding carboxylic acids is 1. The summed E-state index contributed by atoms with van der Waals surface area (Å²) >= 11 is 1.45. The summed E-state index contributed by atoms with van der Waals surface area (Å²) in [7, 11) is 0. The van der Waals surface area contributed by atoms with Crippen molar-refractivity contribution in [2.24, 2.45) is 0 Å². The van der Waals surface area contributed by atoms with E-state index in [4.69, 9.17) is 0 Å². The molecule has 1 N–H and O–H groups in total. The second kappa shape index (κ2) is 7.83. The van der Waals surface area contributed by atoms with Crippen molar-refractivity contribution in [2.75, 3.05) is 6.54 Å². The molecule has 0 saturated carbocycles. The summed E-state index contributed by atoms with van der Waals surface area (Å²) in [6.45, 7) is 0.355. The monoisotopic (exact) mass is 371 g/mol. The number of nitro benzene ring substituents is 1. The van der Waals surface area contributed by atoms with Gasteiger partial charge in [-0.1, -0.05) is 6.07 Å². The van der Waals surface area contributed by atoms with E-state index in [0.717, 1.165) is 16.3 Å². The number of non-ortho nitro benzene ring substituents is 1. The second-order valence-corrected chi connectivity index (χ2v) is 6.32. The van der Waals surface area contributed by atoms with Gasteiger partial charge in [0.25, 0.3) is 11.6 Å². The number of halogens is 1. The number of hydrogen-bond acceptors (Lipinski definition) is 5. The van der Waals surface area contributed by atoms with Crippen LogP contribution in [-0.4, -0.2) is 22.4 Å². The number of aromatic nitrogens is 1. The van der Waals surface area contributed by atoms with E-state index in [1.165, 1.54) is 47.7 Å². The summed E-state index contributed by atoms with van der Waals surface area (Å²) < 4.78 is 13.0. The zero-order valence-electron chi connectivity index (χ0n) is 13.5. The second-order valence-electron chi connectivity index (χ2n) is 5.46. The molecule has 132 valence electrons. The Hall–Kier alpha value is -3.13. The minimum atomic E-state index is -0.539. The zero-order valence-corrected chi connectivity index (χ0v) is 14.3. The molecule has 1 aromatic heterocycles. The molecular formula is C18H14FN3O3S. The number of nitrogens with zero attached hydrogens (tertiary/aromatic N) is 2. The highest BCUT2D eigenvalue weighted by Crippen LogP contribution is 2.24. The Balaban J connectivity index is 1.57. The third-order valence-corrected chi connectivity index (χ3v) is 4.57. The van der Waals surface area contributed by atoms with Crippen LogP contribution in [0.1, 0.15) is 16.1 Å². The number of amides is 1. The Morgan fingerprint density at radius 1 is 1.23 bits per heavy atom. The van der Waals surface area contributed by atoms with Gasteiger partial charge in [-0.2, -0.15) is 0 Å². The van der Waals surface area contributed by atoms with Crippen LogP contribution >= 0.6 is 11.3 Å². The van der Waals surface area contributed by atoms with Gasteiger partial charge in [0.15, 0.2) is 0 Å². The van der Waals surface area contributed by atoms with Crippen LogP contribution in [0.3, 0.4) is 0 Å². The van der Waals surface area contributed by atoms with Crippen LogP contribution in [0.4, 0.5) is 10.1 Å². The molecule has 0 saturated heterocycles. The number of nitro groups is 1. The average molecular weight is 371 g/mol. The van der Waals surface area contributed by atoms with Gasteiger partial charge in [-0.05, 0) is 30.3 Å². The summed E-state index contributed by atoms with van der Waals surface area (Å²) in [5.74, 6) is -0.669. The van der Waals surface area contributed by atoms with Gasteiger partial charge in [0.05, 0.1) is 10.6 Å². The van der Waals surface area contributed by atoms with E-state index >= 15 is 0 Å². The van der Waals surface area contributed by atoms with Gasteiger partial charge in [-0.3, -0.25) is 14.9 Å². The van der Waals surface area contributed by atoms with Gasteiger partial charge >= 0.3 is 0 Å². The maximum absolute atomic E-state index is 13.0. The number of nitrogens with one attached hydrogen (secondary N) is 1. The lowest BCUT2D eigenvalue weighted by molar-refractivity contribution is -0.384. The van der Waals surface area contributed by atoms with E-state index in [9.17, 15) is 19.3 Å². The van der Waals surface area contributed by atoms with Gasteiger partial charge < -0.3 is 5.32 Å². The smallest absolute Gasteiger partial charge is 0.270 e. The molecule has 0 unspecified atom stereocenters. The molecule has 8 heteroatoms. The van der Waals surface area contributed by atoms with Crippen LogP contribution in [0.15, 0.2) is 53.9 Å². The molecule has 0 bridgehead atoms. The van der Waals surface area contributed by atoms with Crippen LogP contribution in [0.2, 0.25) is 0 Å². The summed E-state index contributed by atoms with van der Waals surface area (Å²) in [4.78, 5) is 26.8. The number of thiazole rings is 1. The van der Waals surface area contributed by atoms with Crippen molar-refractivity contribution >= 4 is 22.9 Å². The molecule has 1 heterocycles. The molecule has 0 aliphatic rings. The van der Waals surface area contributed by atoms with Gasteiger partial charge in [0, 0.05) is 41.6 Å². The Labute approximate surface area is 152 Å². The molecule has 3 aromatic rings. The SMILES string of the molecule is O=C(NCCc1csc(-c2ccc(F)cc2)n1)c1cccc([N+](=O)[O-])c1. The van der Waals surface area contributed by atoms with Crippen LogP contribution in [0.5, 0.6) is 0 Å². The predicted molar refractivity (Wildman–Crippen MR) is 96.6 cm³/mol. The first-order chi connectivity index (χ1) is 12.5. The fourth-order valence-corrected chi connectivity index (χ4v) is 3.17. The van der Waals surface area contributed by atoms with E-state index in [-0.39, 0.29) is 23.0 Å². The minimum Gasteiger partial charge on any atom is -0.352 e. The largest absolute Gasteiger partial charge is 0.352 e. The van der Waals surface area contributed by atoms with Crippen molar-refractivity contribution in [2.45, 2.75) is 6.42 Å². The molecule has 1 amide bonds. The highest BCUT2D eigenvalue weighted by Gasteiger charge is 2.11. The Morgan fingerprint density at radius 2 is 2.00 bits per heavy atom. The number of benzene rings is 2. The molecule has 2 aromatic carbocycles. The van der Waals surface area contributed by atoms with Crippen molar-refractivity contribution in [3.63, 3.8) is 0 Å². The first-order valence-corrected chi connectivity index (χ1v) is 8.64. The summed E-state index contributed by atoms with van der Waals surface area (Å²) in [6.07, 6.45) is 0.526. The lowest BCUT2D eigenvalue weighted by atomic mass is 10.2. The highest BCUT2D eigenvalue weighted by molar-refractivity contribution is 7.13. The maximum atomic E-state index is 13.0. The predicted octanol–water partition coefficient (Wildman–Crippen LogP) is 3.83. The van der Waals surface area contributed by atoms with Gasteiger partial charge in [0.2, 0.25) is 0 Å². The van der Waals surface area contributed by atoms with Gasteiger partial charge in [-0.15, -0.1) is 11.3 Å². The standard InChI is InChI=1S/C18H14FN3O3S/c19-14-6-4-12(5-7-14)18-21-15(11-26-18)8-9-20-17(23)13-2-1-3-16(10-13)22(24)25/h1-7,10-11H,8-9H2,(H,20,23). The Kier molecular flexibility index (Phi) is 5.33. The molecule has 0 aliphatic heterocycles. The Bertz CT molecular complexity index is 941. The minimum absolute atomic E-state index is 0.124. The molecule has 0 atom stereocenters. The quantitative estimate of drug-likeness (QED) is 0.527. The molecular weight excluding hydrogens is 357 g/mol. The molecule has 26 heavy (non-hydrogen) atoms. The van der Waals surface area contributed by atoms with E-state index in [1.54, 1.807) is 12.1 Å². The van der Waals surface area contributed by atoms with E-state index in [0.29, 0.717) is 13.0 Å². The number of rotatable bonds is 6. The zero-order chi connectivity index (χ0) is 18.5. The summed E-state index contributed by atoms with van der Waals surface area (Å²) in [5, 5.41) is 16.2. The topological polar surface area (TPSA) is 85.1 Å². The molecule has 3 rings (SSSR count). The van der Waals surface area contributed by atoms with Crippen molar-refractivity contribution in [3.8, 4) is 10.6 Å². The van der Waals surface area contributed by atoms with Crippen molar-refractivity contribution < 1.29 is 14.1 Å². The summed E-state index contributed by atoms with van der Waals surface area (Å²) in [6, 6.07) is 11.7. The number of hydrogen-bond donors (Lipinski definition) is 1. The maximum Gasteiger partial charge on any atom is 0.270 e. The third-order valence-electron chi connectivity index (χ3n) is 3.63. The van der Waals surface area contributed by atoms with Gasteiger partial charge in [0.1, 0.15) is 10.8 Å². The van der Waals surface area contributed by atoms with Crippen molar-refractivity contribution in [1.82, 2.24) is 10.3 Å². The van der Waals surface area contributed by atoms with Crippen LogP contribution < -0.4 is 5.32 Å². The molecule has 0 fully saturated rings. The van der Waals surface area contributed by atoms with E-state index in [2.05, 4.69) is 10.3 Å². The van der Waals surface area contributed by atoms with E-state index in [1.807, 2.05) is 5.38 Å². The molecule has 0 radical (unpaired) electrons. The summed E-state index contributed by atoms with van der Waals surface area (Å²) in [5.41, 5.74) is 1.77. The lowest BCUT2D eigenvalue weighted by Crippen LogP contribution is -2.25. The molecule has 0 aliphatic carbocycles. The first kappa shape index (κ1) is 17.7. The van der Waals surface area contributed by atoms with Crippen molar-refractivity contribution in [3.05, 3.63) is 81.1 Å². The number of carbonyl (C=O) groups is 1. The van der Waals surface area contributed by atoms with Crippen molar-refractivity contribution in [1.29, 1.82) is 0 Å². The lowest BCUT2D eigenvalue weighted by Gasteiger charge is -2.04. The normalized spacial score (nSPS) is 10.5. The van der Waals surface area contributed by atoms with Crippen LogP contribution in [0.25, 0.3) is 10.6 Å². The fourth-order valence-electron chi connectivity index (χ4n) is 2.31.